The van der Waals surface area contributed by atoms with Crippen molar-refractivity contribution < 1.29 is 13.2 Å². The summed E-state index contributed by atoms with van der Waals surface area (Å²) < 4.78 is 27.5. The molecular weight excluding hydrogens is 406 g/mol. The number of carbonyl (C=O) groups is 1. The first-order valence-corrected chi connectivity index (χ1v) is 12.3. The lowest BCUT2D eigenvalue weighted by molar-refractivity contribution is -0.121. The van der Waals surface area contributed by atoms with Crippen molar-refractivity contribution in [3.8, 4) is 0 Å². The van der Waals surface area contributed by atoms with Crippen LogP contribution in [0.2, 0.25) is 0 Å². The van der Waals surface area contributed by atoms with Gasteiger partial charge >= 0.3 is 0 Å². The van der Waals surface area contributed by atoms with Crippen LogP contribution in [0.4, 0.5) is 0 Å². The van der Waals surface area contributed by atoms with Crippen LogP contribution in [0.25, 0.3) is 0 Å². The Morgan fingerprint density at radius 1 is 1.21 bits per heavy atom. The minimum absolute atomic E-state index is 0.0782. The van der Waals surface area contributed by atoms with Gasteiger partial charge < -0.3 is 5.32 Å². The maximum Gasteiger partial charge on any atom is 0.240 e. The molecule has 0 unspecified atom stereocenters. The van der Waals surface area contributed by atoms with Gasteiger partial charge in [0.05, 0.1) is 10.9 Å². The molecule has 29 heavy (non-hydrogen) atoms. The average molecular weight is 436 g/mol. The molecule has 0 bridgehead atoms. The van der Waals surface area contributed by atoms with E-state index >= 15 is 0 Å². The van der Waals surface area contributed by atoms with Crippen LogP contribution in [0, 0.1) is 13.8 Å². The molecule has 0 aliphatic carbocycles. The van der Waals surface area contributed by atoms with E-state index in [-0.39, 0.29) is 29.8 Å². The van der Waals surface area contributed by atoms with Gasteiger partial charge in [0.25, 0.3) is 0 Å². The smallest absolute Gasteiger partial charge is 0.240 e. The highest BCUT2D eigenvalue weighted by molar-refractivity contribution is 7.89. The lowest BCUT2D eigenvalue weighted by Crippen LogP contribution is -2.37. The molecule has 1 fully saturated rings. The van der Waals surface area contributed by atoms with Gasteiger partial charge in [-0.3, -0.25) is 9.69 Å². The van der Waals surface area contributed by atoms with Gasteiger partial charge in [-0.15, -0.1) is 11.3 Å². The molecule has 3 rings (SSSR count). The number of thiophene rings is 1. The maximum atomic E-state index is 12.5. The first-order chi connectivity index (χ1) is 13.9. The number of rotatable bonds is 9. The van der Waals surface area contributed by atoms with E-state index in [4.69, 9.17) is 0 Å². The fourth-order valence-corrected chi connectivity index (χ4v) is 5.84. The van der Waals surface area contributed by atoms with Gasteiger partial charge in [0, 0.05) is 24.4 Å². The highest BCUT2D eigenvalue weighted by Crippen LogP contribution is 2.27. The van der Waals surface area contributed by atoms with Crippen LogP contribution in [-0.2, 0) is 14.8 Å². The molecule has 8 heteroatoms. The number of nitrogens with zero attached hydrogens (tertiary/aromatic N) is 1. The van der Waals surface area contributed by atoms with Crippen molar-refractivity contribution in [1.82, 2.24) is 14.9 Å². The van der Waals surface area contributed by atoms with E-state index in [0.717, 1.165) is 18.7 Å². The molecule has 1 amide bonds. The van der Waals surface area contributed by atoms with Crippen LogP contribution in [0.3, 0.4) is 0 Å². The van der Waals surface area contributed by atoms with Crippen LogP contribution in [0.15, 0.2) is 40.6 Å². The van der Waals surface area contributed by atoms with Gasteiger partial charge in [-0.1, -0.05) is 23.8 Å². The van der Waals surface area contributed by atoms with Crippen molar-refractivity contribution in [3.05, 3.63) is 51.7 Å². The third-order valence-electron chi connectivity index (χ3n) is 5.21. The molecule has 1 aliphatic rings. The molecule has 2 N–H and O–H groups in total. The molecule has 0 spiro atoms. The molecule has 1 atom stereocenters. The summed E-state index contributed by atoms with van der Waals surface area (Å²) in [5.74, 6) is -0.144. The minimum Gasteiger partial charge on any atom is -0.354 e. The molecule has 6 nitrogen and oxygen atoms in total. The predicted octanol–water partition coefficient (Wildman–Crippen LogP) is 2.99. The predicted molar refractivity (Wildman–Crippen MR) is 117 cm³/mol. The molecule has 1 aliphatic heterocycles. The van der Waals surface area contributed by atoms with E-state index < -0.39 is 10.0 Å². The van der Waals surface area contributed by atoms with Crippen LogP contribution >= 0.6 is 11.3 Å². The third kappa shape index (κ3) is 5.88. The number of hydrogen-bond acceptors (Lipinski definition) is 5. The Morgan fingerprint density at radius 2 is 1.97 bits per heavy atom. The largest absolute Gasteiger partial charge is 0.354 e. The molecular formula is C21H29N3O3S2. The number of carbonyl (C=O) groups excluding carboxylic acids is 1. The highest BCUT2D eigenvalue weighted by atomic mass is 32.2. The van der Waals surface area contributed by atoms with Crippen molar-refractivity contribution in [3.63, 3.8) is 0 Å². The summed E-state index contributed by atoms with van der Waals surface area (Å²) in [6.07, 6.45) is 2.49. The average Bonchev–Trinajstić information content (AvgIpc) is 3.36. The Labute approximate surface area is 177 Å². The number of nitrogens with one attached hydrogen (secondary N) is 2. The second-order valence-electron chi connectivity index (χ2n) is 7.50. The third-order valence-corrected chi connectivity index (χ3v) is 7.80. The summed E-state index contributed by atoms with van der Waals surface area (Å²) >= 11 is 1.71. The van der Waals surface area contributed by atoms with Gasteiger partial charge in [-0.25, -0.2) is 13.1 Å². The quantitative estimate of drug-likeness (QED) is 0.635. The second-order valence-corrected chi connectivity index (χ2v) is 10.2. The SMILES string of the molecule is Cc1ccc(S(=O)(=O)NCCC(=O)NC[C@@H](c2cccs2)N2CCCC2)c(C)c1. The van der Waals surface area contributed by atoms with Gasteiger partial charge in [0.2, 0.25) is 15.9 Å². The van der Waals surface area contributed by atoms with E-state index in [0.29, 0.717) is 12.1 Å². The Hall–Kier alpha value is -1.74. The monoisotopic (exact) mass is 435 g/mol. The molecule has 1 aromatic carbocycles. The summed E-state index contributed by atoms with van der Waals surface area (Å²) in [5, 5.41) is 5.04. The van der Waals surface area contributed by atoms with Crippen molar-refractivity contribution in [1.29, 1.82) is 0 Å². The van der Waals surface area contributed by atoms with Crippen LogP contribution in [0.1, 0.15) is 41.3 Å². The summed E-state index contributed by atoms with van der Waals surface area (Å²) in [6, 6.07) is 9.55. The zero-order valence-corrected chi connectivity index (χ0v) is 18.6. The number of aryl methyl sites for hydroxylation is 2. The first-order valence-electron chi connectivity index (χ1n) is 9.98. The maximum absolute atomic E-state index is 12.5. The lowest BCUT2D eigenvalue weighted by atomic mass is 10.2. The summed E-state index contributed by atoms with van der Waals surface area (Å²) in [7, 11) is -3.62. The van der Waals surface area contributed by atoms with Crippen molar-refractivity contribution in [2.45, 2.75) is 44.0 Å². The number of likely N-dealkylation sites (tertiary alicyclic amines) is 1. The van der Waals surface area contributed by atoms with Gasteiger partial charge in [-0.05, 0) is 62.9 Å². The standard InChI is InChI=1S/C21H29N3O3S2/c1-16-7-8-20(17(2)14-16)29(26,27)23-10-9-21(25)22-15-18(19-6-5-13-28-19)24-11-3-4-12-24/h5-8,13-14,18,23H,3-4,9-12,15H2,1-2H3,(H,22,25)/t18-/m0/s1. The summed E-state index contributed by atoms with van der Waals surface area (Å²) in [6.45, 7) is 6.42. The fraction of sp³-hybridized carbons (Fsp3) is 0.476. The van der Waals surface area contributed by atoms with Gasteiger partial charge in [-0.2, -0.15) is 0 Å². The molecule has 1 aromatic heterocycles. The normalized spacial score (nSPS) is 16.1. The Balaban J connectivity index is 1.50. The molecule has 158 valence electrons. The van der Waals surface area contributed by atoms with E-state index in [1.165, 1.54) is 17.7 Å². The Morgan fingerprint density at radius 3 is 2.62 bits per heavy atom. The van der Waals surface area contributed by atoms with E-state index in [2.05, 4.69) is 26.4 Å². The van der Waals surface area contributed by atoms with E-state index in [9.17, 15) is 13.2 Å². The van der Waals surface area contributed by atoms with Gasteiger partial charge in [0.15, 0.2) is 0 Å². The van der Waals surface area contributed by atoms with E-state index in [1.54, 1.807) is 30.4 Å². The topological polar surface area (TPSA) is 78.5 Å². The first kappa shape index (κ1) is 22.0. The summed E-state index contributed by atoms with van der Waals surface area (Å²) in [5.41, 5.74) is 1.71. The molecule has 0 radical (unpaired) electrons. The number of amides is 1. The molecule has 2 heterocycles. The van der Waals surface area contributed by atoms with Crippen LogP contribution in [0.5, 0.6) is 0 Å². The minimum atomic E-state index is -3.62. The Bertz CT molecular complexity index is 921. The second kappa shape index (κ2) is 9.84. The Kier molecular flexibility index (Phi) is 7.45. The number of hydrogen-bond donors (Lipinski definition) is 2. The van der Waals surface area contributed by atoms with Crippen LogP contribution < -0.4 is 10.0 Å². The zero-order chi connectivity index (χ0) is 20.9. The van der Waals surface area contributed by atoms with E-state index in [1.807, 2.05) is 19.1 Å². The van der Waals surface area contributed by atoms with Crippen molar-refractivity contribution in [2.75, 3.05) is 26.2 Å². The molecule has 2 aromatic rings. The zero-order valence-electron chi connectivity index (χ0n) is 17.0. The van der Waals surface area contributed by atoms with Crippen molar-refractivity contribution in [2.24, 2.45) is 0 Å². The lowest BCUT2D eigenvalue weighted by Gasteiger charge is -2.26. The van der Waals surface area contributed by atoms with Gasteiger partial charge in [0.1, 0.15) is 0 Å². The number of benzene rings is 1. The highest BCUT2D eigenvalue weighted by Gasteiger charge is 2.24. The van der Waals surface area contributed by atoms with Crippen LogP contribution in [-0.4, -0.2) is 45.4 Å². The molecule has 1 saturated heterocycles. The molecule has 0 saturated carbocycles. The van der Waals surface area contributed by atoms with Crippen molar-refractivity contribution >= 4 is 27.3 Å². The summed E-state index contributed by atoms with van der Waals surface area (Å²) in [4.78, 5) is 16.2. The fourth-order valence-electron chi connectivity index (χ4n) is 3.72. The number of sulfonamides is 1.